The first-order valence-electron chi connectivity index (χ1n) is 4.09. The molecule has 1 rings (SSSR count). The highest BCUT2D eigenvalue weighted by atomic mass is 79.9. The Bertz CT molecular complexity index is 356. The average molecular weight is 286 g/mol. The molecule has 0 aliphatic heterocycles. The lowest BCUT2D eigenvalue weighted by atomic mass is 10.1. The first-order valence-corrected chi connectivity index (χ1v) is 4.89. The highest BCUT2D eigenvalue weighted by Crippen LogP contribution is 2.23. The maximum atomic E-state index is 13.3. The molecule has 0 radical (unpaired) electrons. The molecular formula is C9H8BrF4N. The third-order valence-corrected chi connectivity index (χ3v) is 2.51. The number of hydrogen-bond donors (Lipinski definition) is 1. The van der Waals surface area contributed by atoms with Crippen molar-refractivity contribution >= 4 is 15.9 Å². The van der Waals surface area contributed by atoms with Crippen LogP contribution in [0.5, 0.6) is 0 Å². The number of benzene rings is 1. The van der Waals surface area contributed by atoms with Gasteiger partial charge in [-0.05, 0) is 34.5 Å². The van der Waals surface area contributed by atoms with Gasteiger partial charge >= 0.3 is 0 Å². The van der Waals surface area contributed by atoms with E-state index in [9.17, 15) is 17.6 Å². The number of alkyl halides is 2. The van der Waals surface area contributed by atoms with E-state index in [1.165, 1.54) is 6.07 Å². The summed E-state index contributed by atoms with van der Waals surface area (Å²) in [6, 6.07) is 0.603. The van der Waals surface area contributed by atoms with E-state index >= 15 is 0 Å². The lowest BCUT2D eigenvalue weighted by Gasteiger charge is -2.12. The summed E-state index contributed by atoms with van der Waals surface area (Å²) in [6.07, 6.45) is -3.34. The summed E-state index contributed by atoms with van der Waals surface area (Å²) in [5.41, 5.74) is 4.62. The Morgan fingerprint density at radius 3 is 2.40 bits per heavy atom. The minimum Gasteiger partial charge on any atom is -0.323 e. The molecule has 1 unspecified atom stereocenters. The van der Waals surface area contributed by atoms with Crippen molar-refractivity contribution in [2.75, 3.05) is 0 Å². The fraction of sp³-hybridized carbons (Fsp3) is 0.333. The molecule has 0 heterocycles. The van der Waals surface area contributed by atoms with Gasteiger partial charge in [0.1, 0.15) is 11.6 Å². The molecule has 1 aromatic carbocycles. The molecule has 0 aromatic heterocycles. The number of rotatable bonds is 3. The summed E-state index contributed by atoms with van der Waals surface area (Å²) in [4.78, 5) is 0. The van der Waals surface area contributed by atoms with Crippen LogP contribution < -0.4 is 5.73 Å². The van der Waals surface area contributed by atoms with Crippen molar-refractivity contribution in [3.63, 3.8) is 0 Å². The molecule has 0 amide bonds. The van der Waals surface area contributed by atoms with Crippen molar-refractivity contribution < 1.29 is 17.6 Å². The summed E-state index contributed by atoms with van der Waals surface area (Å²) in [7, 11) is 0. The smallest absolute Gasteiger partial charge is 0.253 e. The molecule has 0 aliphatic carbocycles. The zero-order valence-electron chi connectivity index (χ0n) is 7.48. The van der Waals surface area contributed by atoms with E-state index in [1.54, 1.807) is 0 Å². The topological polar surface area (TPSA) is 26.0 Å². The second-order valence-electron chi connectivity index (χ2n) is 3.02. The van der Waals surface area contributed by atoms with Crippen LogP contribution >= 0.6 is 15.9 Å². The molecule has 6 heteroatoms. The molecule has 0 aliphatic rings. The predicted molar refractivity (Wildman–Crippen MR) is 51.7 cm³/mol. The quantitative estimate of drug-likeness (QED) is 0.671. The van der Waals surface area contributed by atoms with Crippen LogP contribution in [-0.4, -0.2) is 12.5 Å². The Morgan fingerprint density at radius 1 is 1.27 bits per heavy atom. The lowest BCUT2D eigenvalue weighted by molar-refractivity contribution is 0.115. The van der Waals surface area contributed by atoms with Gasteiger partial charge in [0.05, 0.1) is 10.5 Å². The molecule has 84 valence electrons. The molecule has 1 atom stereocenters. The van der Waals surface area contributed by atoms with Crippen LogP contribution in [0.1, 0.15) is 5.56 Å². The lowest BCUT2D eigenvalue weighted by Crippen LogP contribution is -2.31. The zero-order valence-corrected chi connectivity index (χ0v) is 9.07. The fourth-order valence-corrected chi connectivity index (χ4v) is 1.45. The van der Waals surface area contributed by atoms with Gasteiger partial charge in [0.2, 0.25) is 0 Å². The van der Waals surface area contributed by atoms with E-state index in [0.29, 0.717) is 0 Å². The Labute approximate surface area is 92.4 Å². The molecule has 1 nitrogen and oxygen atoms in total. The largest absolute Gasteiger partial charge is 0.323 e. The molecule has 2 N–H and O–H groups in total. The third-order valence-electron chi connectivity index (χ3n) is 1.90. The number of halogens is 5. The Kier molecular flexibility index (Phi) is 4.10. The van der Waals surface area contributed by atoms with Crippen LogP contribution in [0, 0.1) is 11.6 Å². The molecule has 0 fully saturated rings. The molecule has 15 heavy (non-hydrogen) atoms. The predicted octanol–water partition coefficient (Wildman–Crippen LogP) is 2.86. The van der Waals surface area contributed by atoms with Crippen LogP contribution in [-0.2, 0) is 6.42 Å². The van der Waals surface area contributed by atoms with Crippen LogP contribution in [0.3, 0.4) is 0 Å². The normalized spacial score (nSPS) is 13.3. The van der Waals surface area contributed by atoms with E-state index in [2.05, 4.69) is 15.9 Å². The summed E-state index contributed by atoms with van der Waals surface area (Å²) < 4.78 is 50.6. The van der Waals surface area contributed by atoms with Gasteiger partial charge in [-0.25, -0.2) is 17.6 Å². The van der Waals surface area contributed by atoms with Gasteiger partial charge in [-0.15, -0.1) is 0 Å². The molecular weight excluding hydrogens is 278 g/mol. The minimum absolute atomic E-state index is 0.0281. The van der Waals surface area contributed by atoms with Crippen molar-refractivity contribution in [2.24, 2.45) is 5.73 Å². The van der Waals surface area contributed by atoms with E-state index in [1.807, 2.05) is 0 Å². The van der Waals surface area contributed by atoms with E-state index < -0.39 is 36.1 Å². The van der Waals surface area contributed by atoms with Gasteiger partial charge in [-0.1, -0.05) is 0 Å². The minimum atomic E-state index is -2.80. The zero-order chi connectivity index (χ0) is 11.6. The number of hydrogen-bond acceptors (Lipinski definition) is 1. The van der Waals surface area contributed by atoms with Crippen molar-refractivity contribution in [3.8, 4) is 0 Å². The van der Waals surface area contributed by atoms with E-state index in [-0.39, 0.29) is 4.47 Å². The highest BCUT2D eigenvalue weighted by Gasteiger charge is 2.21. The standard InChI is InChI=1S/C9H8BrF4N/c10-5-1-2-6(11)4(8(5)12)3-7(15)9(13)14/h1-2,7,9H,3,15H2. The van der Waals surface area contributed by atoms with E-state index in [0.717, 1.165) is 6.07 Å². The first-order chi connectivity index (χ1) is 6.93. The molecule has 0 bridgehead atoms. The van der Waals surface area contributed by atoms with Crippen molar-refractivity contribution in [2.45, 2.75) is 18.9 Å². The van der Waals surface area contributed by atoms with Crippen LogP contribution in [0.15, 0.2) is 16.6 Å². The monoisotopic (exact) mass is 285 g/mol. The van der Waals surface area contributed by atoms with Gasteiger partial charge in [0, 0.05) is 5.56 Å². The summed E-state index contributed by atoms with van der Waals surface area (Å²) >= 11 is 2.84. The van der Waals surface area contributed by atoms with Crippen LogP contribution in [0.25, 0.3) is 0 Å². The summed E-state index contributed by atoms with van der Waals surface area (Å²) in [5, 5.41) is 0. The fourth-order valence-electron chi connectivity index (χ4n) is 1.08. The van der Waals surface area contributed by atoms with Gasteiger partial charge in [-0.2, -0.15) is 0 Å². The average Bonchev–Trinajstić information content (AvgIpc) is 2.18. The van der Waals surface area contributed by atoms with Crippen LogP contribution in [0.2, 0.25) is 0 Å². The van der Waals surface area contributed by atoms with Gasteiger partial charge in [-0.3, -0.25) is 0 Å². The van der Waals surface area contributed by atoms with Crippen molar-refractivity contribution in [1.82, 2.24) is 0 Å². The maximum Gasteiger partial charge on any atom is 0.253 e. The Morgan fingerprint density at radius 2 is 1.87 bits per heavy atom. The molecule has 1 aromatic rings. The SMILES string of the molecule is NC(Cc1c(F)ccc(Br)c1F)C(F)F. The van der Waals surface area contributed by atoms with Gasteiger partial charge in [0.15, 0.2) is 0 Å². The Balaban J connectivity index is 2.98. The summed E-state index contributed by atoms with van der Waals surface area (Å²) in [5.74, 6) is -1.75. The van der Waals surface area contributed by atoms with Crippen LogP contribution in [0.4, 0.5) is 17.6 Å². The second-order valence-corrected chi connectivity index (χ2v) is 3.88. The van der Waals surface area contributed by atoms with E-state index in [4.69, 9.17) is 5.73 Å². The van der Waals surface area contributed by atoms with Gasteiger partial charge in [0.25, 0.3) is 6.43 Å². The molecule has 0 saturated heterocycles. The third kappa shape index (κ3) is 2.92. The number of nitrogens with two attached hydrogens (primary N) is 1. The van der Waals surface area contributed by atoms with Crippen molar-refractivity contribution in [1.29, 1.82) is 0 Å². The maximum absolute atomic E-state index is 13.3. The Hall–Kier alpha value is -0.620. The van der Waals surface area contributed by atoms with Gasteiger partial charge < -0.3 is 5.73 Å². The highest BCUT2D eigenvalue weighted by molar-refractivity contribution is 9.10. The summed E-state index contributed by atoms with van der Waals surface area (Å²) in [6.45, 7) is 0. The first kappa shape index (κ1) is 12.4. The molecule has 0 spiro atoms. The van der Waals surface area contributed by atoms with Crippen molar-refractivity contribution in [3.05, 3.63) is 33.8 Å². The second kappa shape index (κ2) is 4.94. The molecule has 0 saturated carbocycles.